The summed E-state index contributed by atoms with van der Waals surface area (Å²) in [5.41, 5.74) is 0.841. The number of nitrogens with zero attached hydrogens (tertiary/aromatic N) is 2. The topological polar surface area (TPSA) is 52.7 Å². The molecule has 1 N–H and O–H groups in total. The monoisotopic (exact) mass is 359 g/mol. The summed E-state index contributed by atoms with van der Waals surface area (Å²) in [6, 6.07) is 8.29. The fourth-order valence-electron chi connectivity index (χ4n) is 4.65. The summed E-state index contributed by atoms with van der Waals surface area (Å²) < 4.78 is 0. The van der Waals surface area contributed by atoms with Gasteiger partial charge in [-0.05, 0) is 61.6 Å². The molecule has 134 valence electrons. The highest BCUT2D eigenvalue weighted by Crippen LogP contribution is 2.38. The predicted octanol–water partition coefficient (Wildman–Crippen LogP) is 3.27. The highest BCUT2D eigenvalue weighted by Gasteiger charge is 2.44. The quantitative estimate of drug-likeness (QED) is 0.825. The average Bonchev–Trinajstić information content (AvgIpc) is 2.63. The molecule has 0 radical (unpaired) electrons. The molecule has 3 atom stereocenters. The molecule has 0 spiro atoms. The lowest BCUT2D eigenvalue weighted by molar-refractivity contribution is -0.144. The molecule has 0 unspecified atom stereocenters. The van der Waals surface area contributed by atoms with E-state index in [1.54, 1.807) is 11.8 Å². The first kappa shape index (κ1) is 16.8. The Balaban J connectivity index is 1.42. The number of piperidine rings is 3. The average molecular weight is 359 g/mol. The van der Waals surface area contributed by atoms with Crippen LogP contribution in [-0.4, -0.2) is 53.7 Å². The Morgan fingerprint density at radius 1 is 1.20 bits per heavy atom. The van der Waals surface area contributed by atoms with E-state index in [1.165, 1.54) is 4.90 Å². The van der Waals surface area contributed by atoms with E-state index in [0.29, 0.717) is 30.2 Å². The van der Waals surface area contributed by atoms with Gasteiger partial charge in [-0.2, -0.15) is 0 Å². The SMILES string of the molecule is CSc1ccc(NC(=O)N2C[C@H]3C[C@@H](C2)[C@@H]2CCCC(=O)N2C3)cc1. The lowest BCUT2D eigenvalue weighted by Crippen LogP contribution is -2.61. The van der Waals surface area contributed by atoms with Crippen LogP contribution in [-0.2, 0) is 4.79 Å². The molecule has 3 amide bonds. The number of nitrogens with one attached hydrogen (secondary N) is 1. The first-order valence-electron chi connectivity index (χ1n) is 9.13. The molecule has 1 aromatic rings. The molecule has 3 heterocycles. The minimum Gasteiger partial charge on any atom is -0.339 e. The zero-order valence-electron chi connectivity index (χ0n) is 14.6. The van der Waals surface area contributed by atoms with Crippen LogP contribution in [0.1, 0.15) is 25.7 Å². The summed E-state index contributed by atoms with van der Waals surface area (Å²) in [7, 11) is 0. The summed E-state index contributed by atoms with van der Waals surface area (Å²) >= 11 is 1.69. The number of anilines is 1. The van der Waals surface area contributed by atoms with Crippen LogP contribution in [0.25, 0.3) is 0 Å². The third-order valence-electron chi connectivity index (χ3n) is 5.81. The third kappa shape index (κ3) is 3.36. The van der Waals surface area contributed by atoms with Crippen molar-refractivity contribution in [2.75, 3.05) is 31.2 Å². The van der Waals surface area contributed by atoms with Gasteiger partial charge in [-0.25, -0.2) is 4.79 Å². The smallest absolute Gasteiger partial charge is 0.321 e. The summed E-state index contributed by atoms with van der Waals surface area (Å²) in [4.78, 5) is 30.2. The number of rotatable bonds is 2. The van der Waals surface area contributed by atoms with Crippen LogP contribution < -0.4 is 5.32 Å². The van der Waals surface area contributed by atoms with Crippen LogP contribution >= 0.6 is 11.8 Å². The molecule has 6 heteroatoms. The van der Waals surface area contributed by atoms with Gasteiger partial charge >= 0.3 is 6.03 Å². The second-order valence-electron chi connectivity index (χ2n) is 7.43. The number of amides is 3. The Kier molecular flexibility index (Phi) is 4.63. The Morgan fingerprint density at radius 2 is 2.00 bits per heavy atom. The molecular formula is C19H25N3O2S. The van der Waals surface area contributed by atoms with Crippen molar-refractivity contribution in [3.8, 4) is 0 Å². The van der Waals surface area contributed by atoms with Gasteiger partial charge in [0.15, 0.2) is 0 Å². The lowest BCUT2D eigenvalue weighted by Gasteiger charge is -2.52. The summed E-state index contributed by atoms with van der Waals surface area (Å²) in [6.45, 7) is 2.34. The van der Waals surface area contributed by atoms with Gasteiger partial charge in [-0.15, -0.1) is 11.8 Å². The summed E-state index contributed by atoms with van der Waals surface area (Å²) in [6.07, 6.45) is 5.98. The van der Waals surface area contributed by atoms with E-state index in [4.69, 9.17) is 0 Å². The molecule has 2 bridgehead atoms. The fourth-order valence-corrected chi connectivity index (χ4v) is 5.06. The standard InChI is InChI=1S/C19H25N3O2S/c1-25-16-7-5-15(6-8-16)20-19(24)21-10-13-9-14(12-21)17-3-2-4-18(23)22(17)11-13/h5-8,13-14,17H,2-4,9-12H2,1H3,(H,20,24)/t13-,14+,17+/m1/s1. The summed E-state index contributed by atoms with van der Waals surface area (Å²) in [5.74, 6) is 1.17. The van der Waals surface area contributed by atoms with Gasteiger partial charge in [0, 0.05) is 42.7 Å². The largest absolute Gasteiger partial charge is 0.339 e. The van der Waals surface area contributed by atoms with Crippen molar-refractivity contribution in [2.24, 2.45) is 11.8 Å². The molecule has 1 aromatic carbocycles. The van der Waals surface area contributed by atoms with Crippen molar-refractivity contribution >= 4 is 29.4 Å². The van der Waals surface area contributed by atoms with Crippen molar-refractivity contribution < 1.29 is 9.59 Å². The zero-order chi connectivity index (χ0) is 17.4. The Morgan fingerprint density at radius 3 is 2.76 bits per heavy atom. The maximum atomic E-state index is 12.7. The molecule has 0 aromatic heterocycles. The fraction of sp³-hybridized carbons (Fsp3) is 0.579. The molecule has 3 aliphatic rings. The maximum Gasteiger partial charge on any atom is 0.321 e. The van der Waals surface area contributed by atoms with Crippen molar-refractivity contribution in [3.63, 3.8) is 0 Å². The number of carbonyl (C=O) groups excluding carboxylic acids is 2. The van der Waals surface area contributed by atoms with Crippen LogP contribution in [0.3, 0.4) is 0 Å². The molecular weight excluding hydrogens is 334 g/mol. The lowest BCUT2D eigenvalue weighted by atomic mass is 9.76. The number of thioether (sulfide) groups is 1. The highest BCUT2D eigenvalue weighted by molar-refractivity contribution is 7.98. The van der Waals surface area contributed by atoms with Crippen molar-refractivity contribution in [3.05, 3.63) is 24.3 Å². The van der Waals surface area contributed by atoms with Gasteiger partial charge in [0.2, 0.25) is 5.91 Å². The Hall–Kier alpha value is -1.69. The van der Waals surface area contributed by atoms with Gasteiger partial charge in [-0.3, -0.25) is 4.79 Å². The molecule has 3 saturated heterocycles. The minimum absolute atomic E-state index is 0.0119. The van der Waals surface area contributed by atoms with Crippen LogP contribution in [0.5, 0.6) is 0 Å². The molecule has 3 fully saturated rings. The van der Waals surface area contributed by atoms with E-state index in [-0.39, 0.29) is 6.03 Å². The van der Waals surface area contributed by atoms with Gasteiger partial charge in [-0.1, -0.05) is 0 Å². The van der Waals surface area contributed by atoms with Crippen molar-refractivity contribution in [1.29, 1.82) is 0 Å². The molecule has 0 aliphatic carbocycles. The Bertz CT molecular complexity index is 663. The third-order valence-corrected chi connectivity index (χ3v) is 6.55. The Labute approximate surface area is 153 Å². The van der Waals surface area contributed by atoms with E-state index >= 15 is 0 Å². The van der Waals surface area contributed by atoms with Crippen LogP contribution in [0.15, 0.2) is 29.2 Å². The van der Waals surface area contributed by atoms with E-state index < -0.39 is 0 Å². The maximum absolute atomic E-state index is 12.7. The van der Waals surface area contributed by atoms with E-state index in [2.05, 4.69) is 10.2 Å². The number of urea groups is 1. The van der Waals surface area contributed by atoms with E-state index in [0.717, 1.165) is 44.6 Å². The van der Waals surface area contributed by atoms with Crippen LogP contribution in [0.4, 0.5) is 10.5 Å². The van der Waals surface area contributed by atoms with Crippen molar-refractivity contribution in [2.45, 2.75) is 36.6 Å². The van der Waals surface area contributed by atoms with Gasteiger partial charge in [0.25, 0.3) is 0 Å². The highest BCUT2D eigenvalue weighted by atomic mass is 32.2. The second-order valence-corrected chi connectivity index (χ2v) is 8.31. The molecule has 4 rings (SSSR count). The number of hydrogen-bond acceptors (Lipinski definition) is 3. The number of carbonyl (C=O) groups is 2. The minimum atomic E-state index is -0.0119. The van der Waals surface area contributed by atoms with Crippen molar-refractivity contribution in [1.82, 2.24) is 9.80 Å². The molecule has 5 nitrogen and oxygen atoms in total. The number of hydrogen-bond donors (Lipinski definition) is 1. The van der Waals surface area contributed by atoms with Crippen LogP contribution in [0, 0.1) is 11.8 Å². The van der Waals surface area contributed by atoms with Gasteiger partial charge in [0.05, 0.1) is 0 Å². The second kappa shape index (κ2) is 6.90. The number of likely N-dealkylation sites (tertiary alicyclic amines) is 1. The van der Waals surface area contributed by atoms with Gasteiger partial charge < -0.3 is 15.1 Å². The number of benzene rings is 1. The molecule has 25 heavy (non-hydrogen) atoms. The van der Waals surface area contributed by atoms with Gasteiger partial charge in [0.1, 0.15) is 0 Å². The first-order chi connectivity index (χ1) is 12.1. The van der Waals surface area contributed by atoms with E-state index in [9.17, 15) is 9.59 Å². The molecule has 0 saturated carbocycles. The van der Waals surface area contributed by atoms with E-state index in [1.807, 2.05) is 35.4 Å². The normalized spacial score (nSPS) is 28.5. The predicted molar refractivity (Wildman–Crippen MR) is 99.8 cm³/mol. The summed E-state index contributed by atoms with van der Waals surface area (Å²) in [5, 5.41) is 3.03. The molecule has 3 aliphatic heterocycles. The number of fused-ring (bicyclic) bond motifs is 4. The zero-order valence-corrected chi connectivity index (χ0v) is 15.4. The van der Waals surface area contributed by atoms with Crippen LogP contribution in [0.2, 0.25) is 0 Å². The first-order valence-corrected chi connectivity index (χ1v) is 10.4.